The van der Waals surface area contributed by atoms with E-state index in [1.54, 1.807) is 6.20 Å². The molecule has 1 heterocycles. The van der Waals surface area contributed by atoms with Gasteiger partial charge in [0.15, 0.2) is 0 Å². The van der Waals surface area contributed by atoms with Crippen molar-refractivity contribution in [2.45, 2.75) is 39.2 Å². The van der Waals surface area contributed by atoms with Gasteiger partial charge in [-0.2, -0.15) is 0 Å². The van der Waals surface area contributed by atoms with Crippen molar-refractivity contribution in [2.24, 2.45) is 5.73 Å². The Morgan fingerprint density at radius 1 is 1.33 bits per heavy atom. The van der Waals surface area contributed by atoms with Crippen molar-refractivity contribution in [3.63, 3.8) is 0 Å². The van der Waals surface area contributed by atoms with Crippen molar-refractivity contribution >= 4 is 15.9 Å². The molecule has 1 aromatic carbocycles. The normalized spacial score (nSPS) is 21.4. The lowest BCUT2D eigenvalue weighted by Gasteiger charge is -2.37. The molecule has 0 spiro atoms. The number of hydrogen-bond donors (Lipinski definition) is 1. The molecule has 1 fully saturated rings. The molecule has 3 heteroatoms. The molecule has 2 nitrogen and oxygen atoms in total. The Morgan fingerprint density at radius 2 is 2.00 bits per heavy atom. The third kappa shape index (κ3) is 3.29. The molecule has 0 radical (unpaired) electrons. The van der Waals surface area contributed by atoms with Crippen molar-refractivity contribution in [2.75, 3.05) is 7.05 Å². The molecule has 1 aliphatic heterocycles. The average molecular weight is 311 g/mol. The van der Waals surface area contributed by atoms with E-state index in [1.807, 2.05) is 13.8 Å². The summed E-state index contributed by atoms with van der Waals surface area (Å²) >= 11 is 3.62. The first-order valence-corrected chi connectivity index (χ1v) is 7.41. The molecule has 0 aliphatic carbocycles. The number of nitrogens with zero attached hydrogens (tertiary/aromatic N) is 1. The molecule has 1 aromatic rings. The van der Waals surface area contributed by atoms with Crippen LogP contribution < -0.4 is 5.73 Å². The fraction of sp³-hybridized carbons (Fsp3) is 0.467. The van der Waals surface area contributed by atoms with Crippen LogP contribution >= 0.6 is 15.9 Å². The number of piperidine rings is 1. The van der Waals surface area contributed by atoms with E-state index in [4.69, 9.17) is 5.73 Å². The maximum atomic E-state index is 5.66. The zero-order chi connectivity index (χ0) is 13.5. The highest BCUT2D eigenvalue weighted by molar-refractivity contribution is 9.10. The van der Waals surface area contributed by atoms with E-state index >= 15 is 0 Å². The lowest BCUT2D eigenvalue weighted by molar-refractivity contribution is 0.241. The fourth-order valence-electron chi connectivity index (χ4n) is 2.36. The Balaban J connectivity index is 0.000000771. The van der Waals surface area contributed by atoms with Gasteiger partial charge in [0.1, 0.15) is 0 Å². The minimum atomic E-state index is 0.444. The van der Waals surface area contributed by atoms with E-state index in [1.165, 1.54) is 28.6 Å². The highest BCUT2D eigenvalue weighted by Crippen LogP contribution is 2.37. The minimum Gasteiger partial charge on any atom is -0.403 e. The summed E-state index contributed by atoms with van der Waals surface area (Å²) in [5, 5.41) is 0. The summed E-state index contributed by atoms with van der Waals surface area (Å²) in [5.41, 5.74) is 8.25. The van der Waals surface area contributed by atoms with Crippen LogP contribution in [-0.4, -0.2) is 11.9 Å². The third-order valence-corrected chi connectivity index (χ3v) is 4.01. The van der Waals surface area contributed by atoms with Crippen molar-refractivity contribution in [3.8, 4) is 0 Å². The number of rotatable bonds is 1. The monoisotopic (exact) mass is 310 g/mol. The highest BCUT2D eigenvalue weighted by Gasteiger charge is 2.24. The molecule has 2 rings (SSSR count). The number of benzene rings is 1. The van der Waals surface area contributed by atoms with Crippen molar-refractivity contribution in [1.82, 2.24) is 4.90 Å². The van der Waals surface area contributed by atoms with E-state index < -0.39 is 0 Å². The summed E-state index contributed by atoms with van der Waals surface area (Å²) in [4.78, 5) is 2.30. The number of allylic oxidation sites excluding steroid dienone is 1. The van der Waals surface area contributed by atoms with Crippen LogP contribution in [0.1, 0.15) is 44.7 Å². The van der Waals surface area contributed by atoms with Crippen LogP contribution in [0.2, 0.25) is 0 Å². The van der Waals surface area contributed by atoms with Crippen LogP contribution in [0.3, 0.4) is 0 Å². The van der Waals surface area contributed by atoms with E-state index in [0.717, 1.165) is 6.42 Å². The maximum Gasteiger partial charge on any atom is 0.0547 e. The average Bonchev–Trinajstić information content (AvgIpc) is 2.42. The Kier molecular flexibility index (Phi) is 6.27. The van der Waals surface area contributed by atoms with Crippen LogP contribution in [0.5, 0.6) is 0 Å². The van der Waals surface area contributed by atoms with Gasteiger partial charge in [0.25, 0.3) is 0 Å². The molecule has 1 aliphatic rings. The molecular formula is C15H23BrN2. The van der Waals surface area contributed by atoms with E-state index in [9.17, 15) is 0 Å². The fourth-order valence-corrected chi connectivity index (χ4v) is 2.91. The van der Waals surface area contributed by atoms with Gasteiger partial charge in [0.05, 0.1) is 6.04 Å². The standard InChI is InChI=1S/C13H17BrN2.C2H6/c1-16-10(9-15)5-4-8-13(16)11-6-2-3-7-12(11)14;1-2/h2-3,6-7,9,13H,4-5,8,15H2,1H3;1-2H3/b10-9-;. The van der Waals surface area contributed by atoms with E-state index in [0.29, 0.717) is 6.04 Å². The summed E-state index contributed by atoms with van der Waals surface area (Å²) in [5.74, 6) is 0. The number of nitrogens with two attached hydrogens (primary N) is 1. The van der Waals surface area contributed by atoms with Crippen LogP contribution in [0.25, 0.3) is 0 Å². The predicted octanol–water partition coefficient (Wildman–Crippen LogP) is 4.43. The van der Waals surface area contributed by atoms with Gasteiger partial charge in [-0.05, 0) is 30.9 Å². The first-order valence-electron chi connectivity index (χ1n) is 6.62. The van der Waals surface area contributed by atoms with Gasteiger partial charge < -0.3 is 10.6 Å². The van der Waals surface area contributed by atoms with Crippen LogP contribution in [0, 0.1) is 0 Å². The lowest BCUT2D eigenvalue weighted by atomic mass is 9.94. The van der Waals surface area contributed by atoms with E-state index in [-0.39, 0.29) is 0 Å². The molecule has 0 bridgehead atoms. The van der Waals surface area contributed by atoms with Gasteiger partial charge in [-0.3, -0.25) is 0 Å². The van der Waals surface area contributed by atoms with Gasteiger partial charge in [0, 0.05) is 23.4 Å². The Hall–Kier alpha value is -0.960. The summed E-state index contributed by atoms with van der Waals surface area (Å²) < 4.78 is 1.19. The lowest BCUT2D eigenvalue weighted by Crippen LogP contribution is -2.28. The summed E-state index contributed by atoms with van der Waals surface area (Å²) in [7, 11) is 2.13. The Labute approximate surface area is 119 Å². The second-order valence-electron chi connectivity index (χ2n) is 4.20. The first kappa shape index (κ1) is 15.1. The van der Waals surface area contributed by atoms with Gasteiger partial charge >= 0.3 is 0 Å². The SMILES string of the molecule is CC.CN1/C(=C\N)CCCC1c1ccccc1Br. The largest absolute Gasteiger partial charge is 0.403 e. The molecule has 1 atom stereocenters. The quantitative estimate of drug-likeness (QED) is 0.831. The predicted molar refractivity (Wildman–Crippen MR) is 82.1 cm³/mol. The molecule has 0 amide bonds. The van der Waals surface area contributed by atoms with Gasteiger partial charge in [-0.15, -0.1) is 0 Å². The molecule has 18 heavy (non-hydrogen) atoms. The zero-order valence-electron chi connectivity index (χ0n) is 11.5. The summed E-state index contributed by atoms with van der Waals surface area (Å²) in [6.07, 6.45) is 5.23. The molecule has 100 valence electrons. The first-order chi connectivity index (χ1) is 8.74. The summed E-state index contributed by atoms with van der Waals surface area (Å²) in [6.45, 7) is 4.00. The zero-order valence-corrected chi connectivity index (χ0v) is 13.1. The van der Waals surface area contributed by atoms with Crippen molar-refractivity contribution < 1.29 is 0 Å². The highest BCUT2D eigenvalue weighted by atomic mass is 79.9. The molecule has 1 saturated heterocycles. The number of hydrogen-bond acceptors (Lipinski definition) is 2. The Bertz CT molecular complexity index is 401. The molecule has 1 unspecified atom stereocenters. The second-order valence-corrected chi connectivity index (χ2v) is 5.05. The van der Waals surface area contributed by atoms with Crippen LogP contribution in [0.15, 0.2) is 40.6 Å². The topological polar surface area (TPSA) is 29.3 Å². The second kappa shape index (κ2) is 7.47. The van der Waals surface area contributed by atoms with Gasteiger partial charge in [-0.1, -0.05) is 48.0 Å². The third-order valence-electron chi connectivity index (χ3n) is 3.29. The summed E-state index contributed by atoms with van der Waals surface area (Å²) in [6, 6.07) is 8.87. The molecule has 0 saturated carbocycles. The van der Waals surface area contributed by atoms with Crippen molar-refractivity contribution in [3.05, 3.63) is 46.2 Å². The van der Waals surface area contributed by atoms with Crippen LogP contribution in [0.4, 0.5) is 0 Å². The smallest absolute Gasteiger partial charge is 0.0547 e. The van der Waals surface area contributed by atoms with Gasteiger partial charge in [0.2, 0.25) is 0 Å². The van der Waals surface area contributed by atoms with Gasteiger partial charge in [-0.25, -0.2) is 0 Å². The van der Waals surface area contributed by atoms with Crippen LogP contribution in [-0.2, 0) is 0 Å². The maximum absolute atomic E-state index is 5.66. The van der Waals surface area contributed by atoms with E-state index in [2.05, 4.69) is 52.1 Å². The molecule has 0 aromatic heterocycles. The minimum absolute atomic E-state index is 0.444. The van der Waals surface area contributed by atoms with Crippen molar-refractivity contribution in [1.29, 1.82) is 0 Å². The number of halogens is 1. The number of likely N-dealkylation sites (tertiary alicyclic amines) is 1. The molecular weight excluding hydrogens is 288 g/mol. The molecule has 2 N–H and O–H groups in total. The Morgan fingerprint density at radius 3 is 2.61 bits per heavy atom.